The van der Waals surface area contributed by atoms with E-state index in [1.807, 2.05) is 0 Å². The van der Waals surface area contributed by atoms with E-state index in [9.17, 15) is 0 Å². The number of rotatable bonds is 6. The van der Waals surface area contributed by atoms with E-state index in [0.717, 1.165) is 50.0 Å². The molecule has 0 bridgehead atoms. The standard InChI is InChI=1S/C59H41NO/c1-59(2)52-24-14-13-21-48(52)49-34-33-44(37-53(49)59)60(42-29-25-39(26-30-42)38-15-5-3-6-16-38)43-31-27-41(28-32-43)55-45(40-17-7-4-8-18-40)35-36-54-57(55)56-50-22-11-9-19-46(50)47-20-10-12-23-51(47)58(56)61-54/h3-37H,1-2H3. The molecule has 0 saturated carbocycles. The molecule has 0 saturated heterocycles. The monoisotopic (exact) mass is 779 g/mol. The Kier molecular flexibility index (Phi) is 7.92. The summed E-state index contributed by atoms with van der Waals surface area (Å²) in [4.78, 5) is 2.41. The average Bonchev–Trinajstić information content (AvgIpc) is 3.83. The highest BCUT2D eigenvalue weighted by Gasteiger charge is 2.35. The van der Waals surface area contributed by atoms with Gasteiger partial charge in [0.05, 0.1) is 0 Å². The summed E-state index contributed by atoms with van der Waals surface area (Å²) in [6, 6.07) is 77.2. The summed E-state index contributed by atoms with van der Waals surface area (Å²) < 4.78 is 6.91. The van der Waals surface area contributed by atoms with Crippen LogP contribution in [0, 0.1) is 0 Å². The Morgan fingerprint density at radius 3 is 1.57 bits per heavy atom. The van der Waals surface area contributed by atoms with Crippen molar-refractivity contribution in [1.29, 1.82) is 0 Å². The van der Waals surface area contributed by atoms with Crippen molar-refractivity contribution in [1.82, 2.24) is 0 Å². The number of benzene rings is 10. The smallest absolute Gasteiger partial charge is 0.143 e. The minimum atomic E-state index is -0.121. The molecule has 61 heavy (non-hydrogen) atoms. The molecule has 2 nitrogen and oxygen atoms in total. The zero-order chi connectivity index (χ0) is 40.7. The first kappa shape index (κ1) is 35.3. The van der Waals surface area contributed by atoms with Crippen molar-refractivity contribution in [2.24, 2.45) is 0 Å². The van der Waals surface area contributed by atoms with Crippen LogP contribution in [-0.4, -0.2) is 0 Å². The number of nitrogens with zero attached hydrogens (tertiary/aromatic N) is 1. The third kappa shape index (κ3) is 5.49. The quantitative estimate of drug-likeness (QED) is 0.156. The fraction of sp³-hybridized carbons (Fsp3) is 0.0508. The van der Waals surface area contributed by atoms with Gasteiger partial charge in [-0.05, 0) is 109 Å². The molecule has 0 aliphatic heterocycles. The Hall–Kier alpha value is -7.68. The van der Waals surface area contributed by atoms with Gasteiger partial charge in [-0.15, -0.1) is 0 Å². The van der Waals surface area contributed by atoms with Gasteiger partial charge in [0.15, 0.2) is 0 Å². The summed E-state index contributed by atoms with van der Waals surface area (Å²) in [7, 11) is 0. The highest BCUT2D eigenvalue weighted by atomic mass is 16.3. The van der Waals surface area contributed by atoms with Crippen molar-refractivity contribution in [3.05, 3.63) is 223 Å². The second-order valence-corrected chi connectivity index (χ2v) is 16.8. The van der Waals surface area contributed by atoms with Gasteiger partial charge in [0.1, 0.15) is 11.2 Å². The molecular weight excluding hydrogens is 739 g/mol. The van der Waals surface area contributed by atoms with E-state index in [2.05, 4.69) is 231 Å². The predicted octanol–water partition coefficient (Wildman–Crippen LogP) is 16.7. The molecule has 288 valence electrons. The molecule has 11 aromatic rings. The fourth-order valence-electron chi connectivity index (χ4n) is 10.1. The molecule has 0 fully saturated rings. The van der Waals surface area contributed by atoms with E-state index in [1.54, 1.807) is 0 Å². The van der Waals surface area contributed by atoms with Gasteiger partial charge in [0.25, 0.3) is 0 Å². The van der Waals surface area contributed by atoms with Crippen LogP contribution in [0.3, 0.4) is 0 Å². The van der Waals surface area contributed by atoms with E-state index in [-0.39, 0.29) is 5.41 Å². The zero-order valence-corrected chi connectivity index (χ0v) is 34.1. The normalized spacial score (nSPS) is 12.9. The molecule has 0 spiro atoms. The Labute approximate surface area is 355 Å². The van der Waals surface area contributed by atoms with Crippen molar-refractivity contribution in [3.63, 3.8) is 0 Å². The second-order valence-electron chi connectivity index (χ2n) is 16.8. The van der Waals surface area contributed by atoms with Crippen molar-refractivity contribution in [2.75, 3.05) is 4.90 Å². The van der Waals surface area contributed by atoms with Gasteiger partial charge in [-0.25, -0.2) is 0 Å². The highest BCUT2D eigenvalue weighted by molar-refractivity contribution is 6.32. The zero-order valence-electron chi connectivity index (χ0n) is 34.1. The third-order valence-corrected chi connectivity index (χ3v) is 13.1. The summed E-state index contributed by atoms with van der Waals surface area (Å²) in [5.41, 5.74) is 17.4. The fourth-order valence-corrected chi connectivity index (χ4v) is 10.1. The van der Waals surface area contributed by atoms with E-state index < -0.39 is 0 Å². The summed E-state index contributed by atoms with van der Waals surface area (Å²) in [6.45, 7) is 4.71. The van der Waals surface area contributed by atoms with Crippen LogP contribution in [0.2, 0.25) is 0 Å². The lowest BCUT2D eigenvalue weighted by atomic mass is 9.82. The summed E-state index contributed by atoms with van der Waals surface area (Å²) in [5, 5.41) is 7.06. The van der Waals surface area contributed by atoms with Crippen molar-refractivity contribution < 1.29 is 4.42 Å². The maximum Gasteiger partial charge on any atom is 0.143 e. The first-order valence-corrected chi connectivity index (χ1v) is 21.2. The van der Waals surface area contributed by atoms with Crippen LogP contribution in [0.15, 0.2) is 217 Å². The minimum Gasteiger partial charge on any atom is -0.455 e. The van der Waals surface area contributed by atoms with E-state index in [0.29, 0.717) is 0 Å². The van der Waals surface area contributed by atoms with Crippen LogP contribution in [0.1, 0.15) is 25.0 Å². The maximum atomic E-state index is 6.91. The van der Waals surface area contributed by atoms with E-state index >= 15 is 0 Å². The van der Waals surface area contributed by atoms with Crippen molar-refractivity contribution >= 4 is 60.5 Å². The second kappa shape index (κ2) is 13.7. The number of hydrogen-bond donors (Lipinski definition) is 0. The van der Waals surface area contributed by atoms with Crippen molar-refractivity contribution in [2.45, 2.75) is 19.3 Å². The third-order valence-electron chi connectivity index (χ3n) is 13.1. The molecule has 1 aliphatic rings. The van der Waals surface area contributed by atoms with Crippen LogP contribution >= 0.6 is 0 Å². The number of furan rings is 1. The molecule has 12 rings (SSSR count). The Balaban J connectivity index is 1.07. The number of anilines is 3. The van der Waals surface area contributed by atoms with Gasteiger partial charge >= 0.3 is 0 Å². The Bertz CT molecular complexity index is 3470. The predicted molar refractivity (Wildman–Crippen MR) is 257 cm³/mol. The van der Waals surface area contributed by atoms with Crippen LogP contribution in [0.4, 0.5) is 17.1 Å². The van der Waals surface area contributed by atoms with Gasteiger partial charge < -0.3 is 9.32 Å². The molecule has 1 aliphatic carbocycles. The summed E-state index contributed by atoms with van der Waals surface area (Å²) in [6.07, 6.45) is 0. The topological polar surface area (TPSA) is 16.4 Å². The average molecular weight is 780 g/mol. The van der Waals surface area contributed by atoms with Crippen LogP contribution in [-0.2, 0) is 5.41 Å². The van der Waals surface area contributed by atoms with Gasteiger partial charge in [-0.3, -0.25) is 0 Å². The van der Waals surface area contributed by atoms with Gasteiger partial charge in [-0.1, -0.05) is 184 Å². The van der Waals surface area contributed by atoms with Crippen molar-refractivity contribution in [3.8, 4) is 44.5 Å². The lowest BCUT2D eigenvalue weighted by Crippen LogP contribution is -2.16. The van der Waals surface area contributed by atoms with E-state index in [4.69, 9.17) is 4.42 Å². The molecule has 0 amide bonds. The molecule has 2 heteroatoms. The molecule has 0 atom stereocenters. The number of fused-ring (bicyclic) bond motifs is 11. The molecular formula is C59H41NO. The lowest BCUT2D eigenvalue weighted by Gasteiger charge is -2.28. The maximum absolute atomic E-state index is 6.91. The first-order valence-electron chi connectivity index (χ1n) is 21.2. The van der Waals surface area contributed by atoms with Crippen LogP contribution in [0.25, 0.3) is 88.0 Å². The molecule has 0 unspecified atom stereocenters. The van der Waals surface area contributed by atoms with Gasteiger partial charge in [-0.2, -0.15) is 0 Å². The molecule has 0 radical (unpaired) electrons. The van der Waals surface area contributed by atoms with Crippen LogP contribution < -0.4 is 4.90 Å². The van der Waals surface area contributed by atoms with Gasteiger partial charge in [0.2, 0.25) is 0 Å². The highest BCUT2D eigenvalue weighted by Crippen LogP contribution is 2.52. The first-order chi connectivity index (χ1) is 30.0. The minimum absolute atomic E-state index is 0.121. The molecule has 1 aromatic heterocycles. The SMILES string of the molecule is CC1(C)c2ccccc2-c2ccc(N(c3ccc(-c4ccccc4)cc3)c3ccc(-c4c(-c5ccccc5)ccc5oc6c7ccccc7c7ccccc7c6c45)cc3)cc21. The summed E-state index contributed by atoms with van der Waals surface area (Å²) >= 11 is 0. The largest absolute Gasteiger partial charge is 0.455 e. The Morgan fingerprint density at radius 2 is 0.869 bits per heavy atom. The number of hydrogen-bond acceptors (Lipinski definition) is 2. The molecule has 0 N–H and O–H groups in total. The van der Waals surface area contributed by atoms with Gasteiger partial charge in [0, 0.05) is 44.2 Å². The van der Waals surface area contributed by atoms with E-state index in [1.165, 1.54) is 66.2 Å². The Morgan fingerprint density at radius 1 is 0.361 bits per heavy atom. The lowest BCUT2D eigenvalue weighted by molar-refractivity contribution is 0.660. The molecule has 10 aromatic carbocycles. The molecule has 1 heterocycles. The van der Waals surface area contributed by atoms with Crippen LogP contribution in [0.5, 0.6) is 0 Å². The summed E-state index contributed by atoms with van der Waals surface area (Å²) in [5.74, 6) is 0.